The van der Waals surface area contributed by atoms with E-state index in [0.29, 0.717) is 52.0 Å². The van der Waals surface area contributed by atoms with Gasteiger partial charge in [-0.25, -0.2) is 0 Å². The highest BCUT2D eigenvalue weighted by Gasteiger charge is 2.29. The smallest absolute Gasteiger partial charge is 0.253 e. The lowest BCUT2D eigenvalue weighted by Crippen LogP contribution is -2.53. The number of rotatable bonds is 15. The number of aliphatic hydroxyl groups excluding tert-OH is 1. The lowest BCUT2D eigenvalue weighted by atomic mass is 10.1. The van der Waals surface area contributed by atoms with Crippen LogP contribution >= 0.6 is 0 Å². The van der Waals surface area contributed by atoms with Crippen LogP contribution < -0.4 is 28.3 Å². The van der Waals surface area contributed by atoms with Crippen molar-refractivity contribution in [3.05, 3.63) is 12.3 Å². The van der Waals surface area contributed by atoms with E-state index >= 15 is 0 Å². The highest BCUT2D eigenvalue weighted by Crippen LogP contribution is 2.07. The van der Waals surface area contributed by atoms with Gasteiger partial charge in [-0.15, -0.1) is 0 Å². The third-order valence-corrected chi connectivity index (χ3v) is 4.00. The highest BCUT2D eigenvalue weighted by atomic mass is 16.3. The van der Waals surface area contributed by atoms with Gasteiger partial charge in [0, 0.05) is 13.1 Å². The molecule has 0 bridgehead atoms. The number of hydrogen-bond donors (Lipinski definition) is 6. The van der Waals surface area contributed by atoms with E-state index in [1.54, 1.807) is 4.90 Å². The third kappa shape index (κ3) is 9.71. The summed E-state index contributed by atoms with van der Waals surface area (Å²) in [6, 6.07) is -2.00. The Morgan fingerprint density at radius 1 is 0.962 bits per heavy atom. The lowest BCUT2D eigenvalue weighted by Gasteiger charge is -2.28. The first-order valence-corrected chi connectivity index (χ1v) is 9.21. The second-order valence-electron chi connectivity index (χ2n) is 6.29. The van der Waals surface area contributed by atoms with Gasteiger partial charge in [-0.2, -0.15) is 0 Å². The highest BCUT2D eigenvalue weighted by molar-refractivity contribution is 5.91. The van der Waals surface area contributed by atoms with Crippen LogP contribution in [0.1, 0.15) is 38.5 Å². The molecule has 0 saturated carbocycles. The number of carbonyl (C=O) groups excluding carboxylic acids is 2. The molecule has 26 heavy (non-hydrogen) atoms. The van der Waals surface area contributed by atoms with E-state index < -0.39 is 29.7 Å². The van der Waals surface area contributed by atoms with Crippen LogP contribution in [0.2, 0.25) is 0 Å². The molecule has 10 N–H and O–H groups in total. The van der Waals surface area contributed by atoms with Crippen molar-refractivity contribution < 1.29 is 14.7 Å². The van der Waals surface area contributed by atoms with E-state index in [-0.39, 0.29) is 0 Å². The molecule has 0 aromatic heterocycles. The maximum absolute atomic E-state index is 12.8. The summed E-state index contributed by atoms with van der Waals surface area (Å²) >= 11 is 0. The topological polar surface area (TPSA) is 174 Å². The Labute approximate surface area is 156 Å². The van der Waals surface area contributed by atoms with Crippen molar-refractivity contribution in [2.45, 2.75) is 50.6 Å². The molecule has 0 aliphatic carbocycles. The monoisotopic (exact) mass is 372 g/mol. The summed E-state index contributed by atoms with van der Waals surface area (Å²) in [6.45, 7) is 5.81. The van der Waals surface area contributed by atoms with Gasteiger partial charge >= 0.3 is 0 Å². The van der Waals surface area contributed by atoms with Crippen LogP contribution in [0.15, 0.2) is 12.3 Å². The molecule has 0 unspecified atom stereocenters. The second kappa shape index (κ2) is 14.5. The third-order valence-electron chi connectivity index (χ3n) is 4.00. The minimum Gasteiger partial charge on any atom is -0.510 e. The number of hydrogen-bond acceptors (Lipinski definition) is 7. The summed E-state index contributed by atoms with van der Waals surface area (Å²) < 4.78 is 0. The number of carbonyl (C=O) groups is 2. The lowest BCUT2D eigenvalue weighted by molar-refractivity contribution is -0.136. The van der Waals surface area contributed by atoms with Gasteiger partial charge in [0.05, 0.1) is 6.04 Å². The van der Waals surface area contributed by atoms with E-state index in [1.165, 1.54) is 0 Å². The van der Waals surface area contributed by atoms with Crippen molar-refractivity contribution >= 4 is 11.8 Å². The number of nitrogens with two attached hydrogens (primary N) is 4. The number of nitrogens with one attached hydrogen (secondary N) is 1. The van der Waals surface area contributed by atoms with Crippen LogP contribution in [0.25, 0.3) is 0 Å². The predicted molar refractivity (Wildman–Crippen MR) is 103 cm³/mol. The Bertz CT molecular complexity index is 433. The van der Waals surface area contributed by atoms with Gasteiger partial charge in [-0.3, -0.25) is 9.59 Å². The molecule has 0 spiro atoms. The summed E-state index contributed by atoms with van der Waals surface area (Å²) in [4.78, 5) is 26.6. The zero-order valence-corrected chi connectivity index (χ0v) is 15.7. The fourth-order valence-corrected chi connectivity index (χ4v) is 2.42. The average Bonchev–Trinajstić information content (AvgIpc) is 2.61. The summed E-state index contributed by atoms with van der Waals surface area (Å²) in [6.07, 6.45) is 4.05. The van der Waals surface area contributed by atoms with Crippen molar-refractivity contribution in [3.8, 4) is 0 Å². The fraction of sp³-hybridized carbons (Fsp3) is 0.765. The van der Waals surface area contributed by atoms with Crippen molar-refractivity contribution in [1.82, 2.24) is 10.2 Å². The average molecular weight is 373 g/mol. The Balaban J connectivity index is 4.90. The van der Waals surface area contributed by atoms with Gasteiger partial charge < -0.3 is 38.3 Å². The summed E-state index contributed by atoms with van der Waals surface area (Å²) in [5.41, 5.74) is 22.3. The number of aliphatic hydroxyl groups is 1. The van der Waals surface area contributed by atoms with Crippen LogP contribution in [-0.4, -0.2) is 66.6 Å². The van der Waals surface area contributed by atoms with Crippen molar-refractivity contribution in [3.63, 3.8) is 0 Å². The molecule has 0 aromatic rings. The van der Waals surface area contributed by atoms with E-state index in [1.807, 2.05) is 0 Å². The summed E-state index contributed by atoms with van der Waals surface area (Å²) in [5, 5.41) is 12.3. The van der Waals surface area contributed by atoms with Crippen molar-refractivity contribution in [1.29, 1.82) is 0 Å². The van der Waals surface area contributed by atoms with Crippen LogP contribution in [0, 0.1) is 0 Å². The van der Waals surface area contributed by atoms with Crippen LogP contribution in [0.3, 0.4) is 0 Å². The van der Waals surface area contributed by atoms with Crippen LogP contribution in [-0.2, 0) is 9.59 Å². The zero-order chi connectivity index (χ0) is 19.9. The molecule has 0 saturated heterocycles. The molecule has 0 aromatic carbocycles. The number of amides is 2. The summed E-state index contributed by atoms with van der Waals surface area (Å²) in [7, 11) is 0. The molecule has 2 amide bonds. The van der Waals surface area contributed by atoms with Gasteiger partial charge in [-0.1, -0.05) is 13.0 Å². The second-order valence-corrected chi connectivity index (χ2v) is 6.29. The maximum Gasteiger partial charge on any atom is 0.253 e. The minimum atomic E-state index is -1.22. The van der Waals surface area contributed by atoms with E-state index in [4.69, 9.17) is 22.9 Å². The fourth-order valence-electron chi connectivity index (χ4n) is 2.42. The number of nitrogens with zero attached hydrogens (tertiary/aromatic N) is 1. The molecule has 0 heterocycles. The molecule has 0 radical (unpaired) electrons. The molecule has 152 valence electrons. The van der Waals surface area contributed by atoms with Crippen molar-refractivity contribution in [2.75, 3.05) is 32.7 Å². The quantitative estimate of drug-likeness (QED) is 0.156. The first-order chi connectivity index (χ1) is 12.4. The minimum absolute atomic E-state index is 0.422. The molecular formula is C17H36N6O3. The molecule has 0 fully saturated rings. The molecule has 9 heteroatoms. The first kappa shape index (κ1) is 24.3. The zero-order valence-electron chi connectivity index (χ0n) is 15.7. The first-order valence-electron chi connectivity index (χ1n) is 9.21. The molecule has 0 aliphatic heterocycles. The largest absolute Gasteiger partial charge is 0.510 e. The Morgan fingerprint density at radius 2 is 1.50 bits per heavy atom. The van der Waals surface area contributed by atoms with E-state index in [2.05, 4.69) is 11.9 Å². The molecule has 0 rings (SSSR count). The van der Waals surface area contributed by atoms with Crippen LogP contribution in [0.4, 0.5) is 0 Å². The van der Waals surface area contributed by atoms with Crippen molar-refractivity contribution in [2.24, 2.45) is 22.9 Å². The summed E-state index contributed by atoms with van der Waals surface area (Å²) in [5.74, 6) is -1.35. The SMILES string of the molecule is C=C(O)[C@H](NC(=O)[C@H](N)CCCCN)C(=O)N(CCCN)CCCCN. The van der Waals surface area contributed by atoms with Gasteiger partial charge in [0.1, 0.15) is 5.76 Å². The Hall–Kier alpha value is -1.68. The normalized spacial score (nSPS) is 13.1. The molecule has 2 atom stereocenters. The van der Waals surface area contributed by atoms with Crippen LogP contribution in [0.5, 0.6) is 0 Å². The standard InChI is InChI=1S/C17H36N6O3/c1-13(24)15(22-16(25)14(21)7-2-3-8-18)17(26)23(12-6-10-20)11-5-4-9-19/h14-15,24H,1-12,18-21H2,(H,22,25)/t14-,15+/m1/s1. The molecule has 0 aliphatic rings. The molecular weight excluding hydrogens is 336 g/mol. The van der Waals surface area contributed by atoms with Gasteiger partial charge in [0.25, 0.3) is 5.91 Å². The van der Waals surface area contributed by atoms with Gasteiger partial charge in [0.15, 0.2) is 6.04 Å². The Morgan fingerprint density at radius 3 is 2.04 bits per heavy atom. The van der Waals surface area contributed by atoms with Gasteiger partial charge in [-0.05, 0) is 51.7 Å². The predicted octanol–water partition coefficient (Wildman–Crippen LogP) is -1.08. The molecule has 9 nitrogen and oxygen atoms in total. The Kier molecular flexibility index (Phi) is 13.5. The van der Waals surface area contributed by atoms with Gasteiger partial charge in [0.2, 0.25) is 5.91 Å². The van der Waals surface area contributed by atoms with E-state index in [9.17, 15) is 14.7 Å². The van der Waals surface area contributed by atoms with E-state index in [0.717, 1.165) is 19.3 Å². The number of unbranched alkanes of at least 4 members (excludes halogenated alkanes) is 2. The maximum atomic E-state index is 12.8.